The van der Waals surface area contributed by atoms with Gasteiger partial charge in [-0.25, -0.2) is 13.6 Å². The first-order valence-electron chi connectivity index (χ1n) is 9.43. The molecular weight excluding hydrogens is 416 g/mol. The Labute approximate surface area is 177 Å². The fourth-order valence-electron chi connectivity index (χ4n) is 3.70. The summed E-state index contributed by atoms with van der Waals surface area (Å²) in [5.41, 5.74) is 6.05. The van der Waals surface area contributed by atoms with Crippen LogP contribution in [0.1, 0.15) is 15.9 Å². The van der Waals surface area contributed by atoms with Gasteiger partial charge in [-0.3, -0.25) is 9.69 Å². The maximum absolute atomic E-state index is 14.7. The van der Waals surface area contributed by atoms with Gasteiger partial charge in [0.25, 0.3) is 0 Å². The van der Waals surface area contributed by atoms with Crippen LogP contribution in [0.3, 0.4) is 0 Å². The van der Waals surface area contributed by atoms with Crippen molar-refractivity contribution in [3.63, 3.8) is 0 Å². The molecule has 2 aliphatic rings. The van der Waals surface area contributed by atoms with Crippen LogP contribution in [0.25, 0.3) is 0 Å². The number of anilines is 1. The molecule has 9 heteroatoms. The van der Waals surface area contributed by atoms with E-state index in [1.54, 1.807) is 4.90 Å². The number of urea groups is 1. The molecule has 0 radical (unpaired) electrons. The summed E-state index contributed by atoms with van der Waals surface area (Å²) >= 11 is 5.91. The van der Waals surface area contributed by atoms with E-state index in [1.807, 2.05) is 0 Å². The third-order valence-corrected chi connectivity index (χ3v) is 5.76. The van der Waals surface area contributed by atoms with Crippen LogP contribution in [0.15, 0.2) is 36.4 Å². The number of halogens is 3. The summed E-state index contributed by atoms with van der Waals surface area (Å²) in [6.07, 6.45) is 0. The average Bonchev–Trinajstić information content (AvgIpc) is 2.66. The first-order valence-corrected chi connectivity index (χ1v) is 9.81. The Balaban J connectivity index is 1.61. The van der Waals surface area contributed by atoms with Crippen molar-refractivity contribution < 1.29 is 23.1 Å². The molecule has 6 nitrogen and oxygen atoms in total. The zero-order valence-electron chi connectivity index (χ0n) is 16.0. The van der Waals surface area contributed by atoms with Gasteiger partial charge in [0.15, 0.2) is 5.78 Å². The molecule has 4 rings (SSSR count). The van der Waals surface area contributed by atoms with Crippen molar-refractivity contribution in [2.75, 3.05) is 37.7 Å². The van der Waals surface area contributed by atoms with E-state index in [-0.39, 0.29) is 46.5 Å². The van der Waals surface area contributed by atoms with Crippen LogP contribution in [-0.4, -0.2) is 49.6 Å². The van der Waals surface area contributed by atoms with E-state index >= 15 is 0 Å². The molecule has 1 spiro atoms. The summed E-state index contributed by atoms with van der Waals surface area (Å²) in [6.45, 7) is 1.99. The quantitative estimate of drug-likeness (QED) is 0.732. The normalized spacial score (nSPS) is 16.7. The van der Waals surface area contributed by atoms with Crippen molar-refractivity contribution in [2.45, 2.75) is 6.54 Å². The number of carbonyl (C=O) groups excluding carboxylic acids is 2. The van der Waals surface area contributed by atoms with Crippen LogP contribution in [-0.2, 0) is 11.3 Å². The van der Waals surface area contributed by atoms with Crippen LogP contribution in [0.2, 0.25) is 5.02 Å². The number of nitrogens with two attached hydrogens (primary N) is 1. The van der Waals surface area contributed by atoms with Gasteiger partial charge in [-0.1, -0.05) is 23.7 Å². The number of benzene rings is 2. The highest BCUT2D eigenvalue weighted by atomic mass is 35.5. The lowest BCUT2D eigenvalue weighted by Gasteiger charge is -2.55. The van der Waals surface area contributed by atoms with Gasteiger partial charge in [0.05, 0.1) is 36.7 Å². The molecule has 2 saturated heterocycles. The van der Waals surface area contributed by atoms with Gasteiger partial charge < -0.3 is 15.4 Å². The lowest BCUT2D eigenvalue weighted by atomic mass is 9.78. The molecule has 2 fully saturated rings. The SMILES string of the molecule is NCC(=O)c1ccc(CN(C(=O)N2CC3(COC3)C2)c2ccc(F)c(Cl)c2)c(F)c1. The molecule has 2 aromatic rings. The Morgan fingerprint density at radius 3 is 2.43 bits per heavy atom. The van der Waals surface area contributed by atoms with Crippen LogP contribution >= 0.6 is 11.6 Å². The third-order valence-electron chi connectivity index (χ3n) is 5.47. The number of hydrogen-bond donors (Lipinski definition) is 1. The Bertz CT molecular complexity index is 1000. The highest BCUT2D eigenvalue weighted by molar-refractivity contribution is 6.31. The minimum Gasteiger partial charge on any atom is -0.380 e. The number of amides is 2. The second-order valence-corrected chi connectivity index (χ2v) is 8.16. The van der Waals surface area contributed by atoms with Crippen LogP contribution in [0, 0.1) is 17.0 Å². The van der Waals surface area contributed by atoms with E-state index in [1.165, 1.54) is 29.2 Å². The van der Waals surface area contributed by atoms with Gasteiger partial charge in [0.1, 0.15) is 11.6 Å². The molecule has 2 amide bonds. The summed E-state index contributed by atoms with van der Waals surface area (Å²) in [7, 11) is 0. The first-order chi connectivity index (χ1) is 14.3. The van der Waals surface area contributed by atoms with Gasteiger partial charge in [0, 0.05) is 29.9 Å². The maximum atomic E-state index is 14.7. The van der Waals surface area contributed by atoms with E-state index in [0.29, 0.717) is 32.0 Å². The molecule has 0 saturated carbocycles. The van der Waals surface area contributed by atoms with Crippen molar-refractivity contribution in [1.82, 2.24) is 4.90 Å². The van der Waals surface area contributed by atoms with Gasteiger partial charge in [-0.2, -0.15) is 0 Å². The molecule has 2 aliphatic heterocycles. The van der Waals surface area contributed by atoms with Crippen LogP contribution in [0.4, 0.5) is 19.3 Å². The van der Waals surface area contributed by atoms with Crippen molar-refractivity contribution in [3.05, 3.63) is 64.2 Å². The van der Waals surface area contributed by atoms with Crippen molar-refractivity contribution in [2.24, 2.45) is 11.1 Å². The number of likely N-dealkylation sites (tertiary alicyclic amines) is 1. The zero-order valence-corrected chi connectivity index (χ0v) is 16.8. The summed E-state index contributed by atoms with van der Waals surface area (Å²) in [5, 5.41) is -0.137. The molecule has 158 valence electrons. The molecule has 2 N–H and O–H groups in total. The summed E-state index contributed by atoms with van der Waals surface area (Å²) in [6, 6.07) is 7.60. The Morgan fingerprint density at radius 1 is 1.13 bits per heavy atom. The number of nitrogens with zero attached hydrogens (tertiary/aromatic N) is 2. The molecule has 2 aromatic carbocycles. The molecule has 2 heterocycles. The topological polar surface area (TPSA) is 75.9 Å². The number of ether oxygens (including phenoxy) is 1. The highest BCUT2D eigenvalue weighted by Gasteiger charge is 2.51. The first kappa shape index (κ1) is 20.7. The number of Topliss-reactive ketones (excluding diaryl/α,β-unsaturated/α-hetero) is 1. The fourth-order valence-corrected chi connectivity index (χ4v) is 3.88. The molecule has 0 bridgehead atoms. The molecular formula is C21H20ClF2N3O3. The number of ketones is 1. The van der Waals surface area contributed by atoms with E-state index in [0.717, 1.165) is 12.1 Å². The monoisotopic (exact) mass is 435 g/mol. The summed E-state index contributed by atoms with van der Waals surface area (Å²) in [4.78, 5) is 27.9. The van der Waals surface area contributed by atoms with Gasteiger partial charge >= 0.3 is 6.03 Å². The average molecular weight is 436 g/mol. The lowest BCUT2D eigenvalue weighted by Crippen LogP contribution is -2.68. The smallest absolute Gasteiger partial charge is 0.324 e. The predicted molar refractivity (Wildman–Crippen MR) is 108 cm³/mol. The van der Waals surface area contributed by atoms with Crippen molar-refractivity contribution >= 4 is 29.1 Å². The number of rotatable bonds is 5. The Kier molecular flexibility index (Phi) is 5.48. The number of hydrogen-bond acceptors (Lipinski definition) is 4. The molecule has 0 unspecified atom stereocenters. The van der Waals surface area contributed by atoms with Crippen LogP contribution < -0.4 is 10.6 Å². The lowest BCUT2D eigenvalue weighted by molar-refractivity contribution is -0.174. The molecule has 0 aliphatic carbocycles. The van der Waals surface area contributed by atoms with E-state index in [4.69, 9.17) is 22.1 Å². The summed E-state index contributed by atoms with van der Waals surface area (Å²) in [5.74, 6) is -1.63. The van der Waals surface area contributed by atoms with Gasteiger partial charge in [-0.05, 0) is 24.3 Å². The van der Waals surface area contributed by atoms with E-state index in [2.05, 4.69) is 0 Å². The fraction of sp³-hybridized carbons (Fsp3) is 0.333. The van der Waals surface area contributed by atoms with Crippen LogP contribution in [0.5, 0.6) is 0 Å². The second kappa shape index (κ2) is 7.94. The Morgan fingerprint density at radius 2 is 1.87 bits per heavy atom. The summed E-state index contributed by atoms with van der Waals surface area (Å²) < 4.78 is 33.5. The minimum absolute atomic E-state index is 0.0112. The van der Waals surface area contributed by atoms with E-state index in [9.17, 15) is 18.4 Å². The third kappa shape index (κ3) is 3.78. The van der Waals surface area contributed by atoms with Gasteiger partial charge in [-0.15, -0.1) is 0 Å². The minimum atomic E-state index is -0.632. The second-order valence-electron chi connectivity index (χ2n) is 7.75. The molecule has 0 atom stereocenters. The maximum Gasteiger partial charge on any atom is 0.324 e. The largest absolute Gasteiger partial charge is 0.380 e. The standard InChI is InChI=1S/C21H20ClF2N3O3/c22-16-6-15(3-4-17(16)23)27(20(29)26-9-21(10-26)11-30-12-21)8-14-2-1-13(5-18(14)24)19(28)7-25/h1-6H,7-12,25H2. The zero-order chi connectivity index (χ0) is 21.5. The van der Waals surface area contributed by atoms with E-state index < -0.39 is 11.6 Å². The van der Waals surface area contributed by atoms with Crippen molar-refractivity contribution in [1.29, 1.82) is 0 Å². The Hall–Kier alpha value is -2.55. The van der Waals surface area contributed by atoms with Crippen molar-refractivity contribution in [3.8, 4) is 0 Å². The molecule has 30 heavy (non-hydrogen) atoms. The predicted octanol–water partition coefficient (Wildman–Crippen LogP) is 3.22. The number of carbonyl (C=O) groups is 2. The highest BCUT2D eigenvalue weighted by Crippen LogP contribution is 2.39. The van der Waals surface area contributed by atoms with Gasteiger partial charge in [0.2, 0.25) is 0 Å². The molecule has 0 aromatic heterocycles.